The third-order valence-corrected chi connectivity index (χ3v) is 1.58. The molecule has 0 radical (unpaired) electrons. The highest BCUT2D eigenvalue weighted by Crippen LogP contribution is 2.13. The monoisotopic (exact) mass is 151 g/mol. The number of allylic oxidation sites excluding steroid dienone is 1. The van der Waals surface area contributed by atoms with E-state index in [-0.39, 0.29) is 6.10 Å². The van der Waals surface area contributed by atoms with Crippen molar-refractivity contribution < 1.29 is 5.11 Å². The van der Waals surface area contributed by atoms with Crippen molar-refractivity contribution in [1.29, 1.82) is 0 Å². The van der Waals surface area contributed by atoms with Crippen LogP contribution in [0.25, 0.3) is 0 Å². The molecule has 60 valence electrons. The second-order valence-electron chi connectivity index (χ2n) is 2.45. The fraction of sp³-hybridized carbons (Fsp3) is 0.333. The van der Waals surface area contributed by atoms with E-state index in [9.17, 15) is 5.11 Å². The Balaban J connectivity index is 2.49. The van der Waals surface area contributed by atoms with Crippen LogP contribution < -0.4 is 0 Å². The fourth-order valence-electron chi connectivity index (χ4n) is 0.943. The first-order valence-electron chi connectivity index (χ1n) is 3.77. The zero-order chi connectivity index (χ0) is 8.10. The molecule has 2 N–H and O–H groups in total. The molecular formula is C9H13NO. The van der Waals surface area contributed by atoms with Crippen molar-refractivity contribution in [1.82, 2.24) is 4.98 Å². The van der Waals surface area contributed by atoms with Crippen LogP contribution in [0.2, 0.25) is 0 Å². The summed E-state index contributed by atoms with van der Waals surface area (Å²) >= 11 is 0. The van der Waals surface area contributed by atoms with Gasteiger partial charge in [0.1, 0.15) is 0 Å². The van der Waals surface area contributed by atoms with Crippen LogP contribution >= 0.6 is 0 Å². The number of hydrogen-bond donors (Lipinski definition) is 2. The fourth-order valence-corrected chi connectivity index (χ4v) is 0.943. The van der Waals surface area contributed by atoms with Gasteiger partial charge in [0, 0.05) is 11.9 Å². The van der Waals surface area contributed by atoms with Gasteiger partial charge in [0.15, 0.2) is 0 Å². The second kappa shape index (κ2) is 3.98. The van der Waals surface area contributed by atoms with Crippen molar-refractivity contribution in [2.24, 2.45) is 0 Å². The molecule has 1 aromatic heterocycles. The molecule has 0 bridgehead atoms. The molecule has 0 aliphatic rings. The van der Waals surface area contributed by atoms with Gasteiger partial charge in [0.05, 0.1) is 6.10 Å². The number of rotatable bonds is 3. The predicted octanol–water partition coefficient (Wildman–Crippen LogP) is 2.01. The summed E-state index contributed by atoms with van der Waals surface area (Å²) in [5.74, 6) is 0. The molecule has 1 heterocycles. The van der Waals surface area contributed by atoms with Gasteiger partial charge >= 0.3 is 0 Å². The largest absolute Gasteiger partial charge is 0.387 e. The molecule has 0 aliphatic carbocycles. The molecule has 1 unspecified atom stereocenters. The van der Waals surface area contributed by atoms with Crippen LogP contribution in [-0.4, -0.2) is 10.1 Å². The summed E-state index contributed by atoms with van der Waals surface area (Å²) in [7, 11) is 0. The molecule has 0 aromatic carbocycles. The Hall–Kier alpha value is -1.02. The van der Waals surface area contributed by atoms with Gasteiger partial charge < -0.3 is 10.1 Å². The quantitative estimate of drug-likeness (QED) is 0.637. The molecule has 0 spiro atoms. The Morgan fingerprint density at radius 3 is 3.09 bits per heavy atom. The van der Waals surface area contributed by atoms with Crippen molar-refractivity contribution in [3.05, 3.63) is 36.2 Å². The molecule has 0 amide bonds. The number of aliphatic hydroxyl groups excluding tert-OH is 1. The first-order chi connectivity index (χ1) is 5.34. The molecule has 0 aliphatic heterocycles. The third kappa shape index (κ3) is 2.24. The molecule has 1 aromatic rings. The highest BCUT2D eigenvalue weighted by Gasteiger charge is 2.03. The maximum atomic E-state index is 9.46. The summed E-state index contributed by atoms with van der Waals surface area (Å²) in [6, 6.07) is 3.77. The number of aromatic nitrogens is 1. The number of nitrogens with one attached hydrogen (secondary N) is 1. The SMILES string of the molecule is CC=CCC(O)c1ccc[nH]1. The van der Waals surface area contributed by atoms with Gasteiger partial charge in [-0.25, -0.2) is 0 Å². The highest BCUT2D eigenvalue weighted by atomic mass is 16.3. The summed E-state index contributed by atoms with van der Waals surface area (Å²) in [5, 5.41) is 9.46. The van der Waals surface area contributed by atoms with E-state index >= 15 is 0 Å². The summed E-state index contributed by atoms with van der Waals surface area (Å²) in [6.07, 6.45) is 5.99. The molecule has 2 nitrogen and oxygen atoms in total. The molecule has 0 fully saturated rings. The maximum absolute atomic E-state index is 9.46. The summed E-state index contributed by atoms with van der Waals surface area (Å²) in [6.45, 7) is 1.95. The summed E-state index contributed by atoms with van der Waals surface area (Å²) in [5.41, 5.74) is 0.878. The van der Waals surface area contributed by atoms with Crippen molar-refractivity contribution in [2.45, 2.75) is 19.4 Å². The lowest BCUT2D eigenvalue weighted by atomic mass is 10.2. The predicted molar refractivity (Wildman–Crippen MR) is 45.2 cm³/mol. The van der Waals surface area contributed by atoms with Crippen molar-refractivity contribution >= 4 is 0 Å². The van der Waals surface area contributed by atoms with Crippen molar-refractivity contribution in [3.8, 4) is 0 Å². The average molecular weight is 151 g/mol. The van der Waals surface area contributed by atoms with Gasteiger partial charge in [-0.15, -0.1) is 0 Å². The standard InChI is InChI=1S/C9H13NO/c1-2-3-6-9(11)8-5-4-7-10-8/h2-5,7,9-11H,6H2,1H3. The highest BCUT2D eigenvalue weighted by molar-refractivity contribution is 5.07. The Bertz CT molecular complexity index is 213. The van der Waals surface area contributed by atoms with Gasteiger partial charge in [0.2, 0.25) is 0 Å². The zero-order valence-electron chi connectivity index (χ0n) is 6.62. The van der Waals surface area contributed by atoms with Crippen LogP contribution in [0.15, 0.2) is 30.5 Å². The summed E-state index contributed by atoms with van der Waals surface area (Å²) < 4.78 is 0. The van der Waals surface area contributed by atoms with Gasteiger partial charge in [-0.05, 0) is 25.5 Å². The second-order valence-corrected chi connectivity index (χ2v) is 2.45. The normalized spacial score (nSPS) is 14.0. The number of aliphatic hydroxyl groups is 1. The van der Waals surface area contributed by atoms with Crippen LogP contribution in [0.5, 0.6) is 0 Å². The van der Waals surface area contributed by atoms with E-state index in [0.717, 1.165) is 5.69 Å². The topological polar surface area (TPSA) is 36.0 Å². The first-order valence-corrected chi connectivity index (χ1v) is 3.77. The van der Waals surface area contributed by atoms with Gasteiger partial charge in [-0.1, -0.05) is 12.2 Å². The van der Waals surface area contributed by atoms with Crippen LogP contribution in [0.1, 0.15) is 25.1 Å². The van der Waals surface area contributed by atoms with E-state index in [0.29, 0.717) is 6.42 Å². The lowest BCUT2D eigenvalue weighted by Gasteiger charge is -2.03. The Labute approximate surface area is 66.6 Å². The molecular weight excluding hydrogens is 138 g/mol. The van der Waals surface area contributed by atoms with E-state index < -0.39 is 0 Å². The third-order valence-electron chi connectivity index (χ3n) is 1.58. The van der Waals surface area contributed by atoms with Crippen LogP contribution in [0.3, 0.4) is 0 Å². The maximum Gasteiger partial charge on any atom is 0.0971 e. The van der Waals surface area contributed by atoms with Crippen LogP contribution in [-0.2, 0) is 0 Å². The number of aromatic amines is 1. The van der Waals surface area contributed by atoms with E-state index in [1.165, 1.54) is 0 Å². The molecule has 0 saturated heterocycles. The number of hydrogen-bond acceptors (Lipinski definition) is 1. The molecule has 2 heteroatoms. The van der Waals surface area contributed by atoms with Crippen molar-refractivity contribution in [3.63, 3.8) is 0 Å². The minimum Gasteiger partial charge on any atom is -0.387 e. The van der Waals surface area contributed by atoms with Gasteiger partial charge in [0.25, 0.3) is 0 Å². The zero-order valence-corrected chi connectivity index (χ0v) is 6.62. The number of H-pyrrole nitrogens is 1. The van der Waals surface area contributed by atoms with Gasteiger partial charge in [-0.2, -0.15) is 0 Å². The van der Waals surface area contributed by atoms with E-state index in [1.807, 2.05) is 37.4 Å². The lowest BCUT2D eigenvalue weighted by Crippen LogP contribution is -1.94. The molecule has 1 rings (SSSR count). The van der Waals surface area contributed by atoms with Crippen LogP contribution in [0, 0.1) is 0 Å². The lowest BCUT2D eigenvalue weighted by molar-refractivity contribution is 0.177. The molecule has 11 heavy (non-hydrogen) atoms. The smallest absolute Gasteiger partial charge is 0.0971 e. The summed E-state index contributed by atoms with van der Waals surface area (Å²) in [4.78, 5) is 2.96. The Kier molecular flexibility index (Phi) is 2.93. The van der Waals surface area contributed by atoms with E-state index in [4.69, 9.17) is 0 Å². The van der Waals surface area contributed by atoms with Gasteiger partial charge in [-0.3, -0.25) is 0 Å². The Morgan fingerprint density at radius 1 is 1.73 bits per heavy atom. The van der Waals surface area contributed by atoms with E-state index in [2.05, 4.69) is 4.98 Å². The molecule has 0 saturated carbocycles. The molecule has 1 atom stereocenters. The first kappa shape index (κ1) is 8.08. The average Bonchev–Trinajstić information content (AvgIpc) is 2.52. The van der Waals surface area contributed by atoms with Crippen LogP contribution in [0.4, 0.5) is 0 Å². The minimum absolute atomic E-state index is 0.388. The van der Waals surface area contributed by atoms with E-state index in [1.54, 1.807) is 0 Å². The Morgan fingerprint density at radius 2 is 2.55 bits per heavy atom. The minimum atomic E-state index is -0.388. The van der Waals surface area contributed by atoms with Crippen molar-refractivity contribution in [2.75, 3.05) is 0 Å².